The average molecular weight is 1140 g/mol. The Morgan fingerprint density at radius 3 is 1.10 bits per heavy atom. The summed E-state index contributed by atoms with van der Waals surface area (Å²) in [6.45, 7) is 4.73. The molecule has 1 amide bonds. The molecule has 0 spiro atoms. The smallest absolute Gasteiger partial charge is 0.387 e. The van der Waals surface area contributed by atoms with Gasteiger partial charge in [-0.05, 0) is 70.6 Å². The van der Waals surface area contributed by atoms with Crippen molar-refractivity contribution < 1.29 is 32.9 Å². The second-order valence-electron chi connectivity index (χ2n) is 24.2. The van der Waals surface area contributed by atoms with Gasteiger partial charge in [-0.25, -0.2) is 4.57 Å². The molecule has 80 heavy (non-hydrogen) atoms. The Hall–Kier alpha value is -2.32. The van der Waals surface area contributed by atoms with Crippen molar-refractivity contribution in [3.63, 3.8) is 0 Å². The third-order valence-corrected chi connectivity index (χ3v) is 16.1. The number of carbonyl (C=O) groups is 1. The Bertz CT molecular complexity index is 1580. The number of aliphatic hydroxyl groups excluding tert-OH is 1. The van der Waals surface area contributed by atoms with Gasteiger partial charge < -0.3 is 19.8 Å². The Balaban J connectivity index is 3.94. The van der Waals surface area contributed by atoms with Crippen LogP contribution in [-0.4, -0.2) is 73.4 Å². The molecule has 0 aliphatic heterocycles. The lowest BCUT2D eigenvalue weighted by molar-refractivity contribution is -0.870. The number of hydrogen-bond acceptors (Lipinski definition) is 5. The van der Waals surface area contributed by atoms with E-state index in [1.54, 1.807) is 6.08 Å². The third kappa shape index (κ3) is 63.3. The van der Waals surface area contributed by atoms with E-state index in [2.05, 4.69) is 92.1 Å². The lowest BCUT2D eigenvalue weighted by atomic mass is 10.0. The number of aliphatic hydroxyl groups is 1. The molecule has 0 aliphatic carbocycles. The summed E-state index contributed by atoms with van der Waals surface area (Å²) in [5.41, 5.74) is 0. The zero-order valence-corrected chi connectivity index (χ0v) is 54.2. The number of unbranched alkanes of at least 4 members (excludes halogenated alkanes) is 37. The molecule has 0 aromatic rings. The van der Waals surface area contributed by atoms with E-state index < -0.39 is 20.0 Å². The second-order valence-corrected chi connectivity index (χ2v) is 25.6. The number of phosphoric acid groups is 1. The Morgan fingerprint density at radius 1 is 0.438 bits per heavy atom. The van der Waals surface area contributed by atoms with Crippen LogP contribution in [0.3, 0.4) is 0 Å². The van der Waals surface area contributed by atoms with Crippen molar-refractivity contribution in [2.24, 2.45) is 0 Å². The summed E-state index contributed by atoms with van der Waals surface area (Å²) in [5, 5.41) is 14.0. The molecule has 0 rings (SSSR count). The SMILES string of the molecule is CC/C=C\C/C=C\C/C=C\C/C=C\C/C=C\C/C=C\CCCCCCCCCCCCCCCCCCCCCCCCC(=O)NC(COP(=O)(O)OCC[N+](C)(C)C)C(O)/C=C/CCCCCCCCCCCCCCCCC. The van der Waals surface area contributed by atoms with Crippen LogP contribution >= 0.6 is 7.82 Å². The number of rotatable bonds is 62. The Labute approximate surface area is 497 Å². The molecule has 3 atom stereocenters. The molecule has 3 unspecified atom stereocenters. The molecule has 3 N–H and O–H groups in total. The maximum Gasteiger partial charge on any atom is 0.472 e. The van der Waals surface area contributed by atoms with Gasteiger partial charge in [0.1, 0.15) is 13.2 Å². The number of quaternary nitrogens is 1. The first-order valence-electron chi connectivity index (χ1n) is 34.0. The molecule has 466 valence electrons. The number of phosphoric ester groups is 1. The quantitative estimate of drug-likeness (QED) is 0.0243. The molecule has 0 radical (unpaired) electrons. The molecule has 0 aliphatic rings. The third-order valence-electron chi connectivity index (χ3n) is 15.1. The summed E-state index contributed by atoms with van der Waals surface area (Å²) < 4.78 is 23.8. The van der Waals surface area contributed by atoms with Gasteiger partial charge in [-0.1, -0.05) is 317 Å². The molecular formula is C71H132N2O6P+. The van der Waals surface area contributed by atoms with Crippen molar-refractivity contribution in [2.75, 3.05) is 40.9 Å². The molecule has 0 aromatic carbocycles. The largest absolute Gasteiger partial charge is 0.472 e. The standard InChI is InChI=1S/C71H131N2O6P/c1-6-8-10-12-14-16-18-20-22-24-25-26-27-28-29-30-31-32-33-34-35-36-37-38-39-40-41-42-43-44-45-46-47-49-51-53-55-57-59-61-63-65-71(75)72-69(68-79-80(76,77)78-67-66-73(3,4)5)70(74)64-62-60-58-56-54-52-50-48-23-21-19-17-15-13-11-9-7-2/h8,10,14,16,20,22,25-26,28-29,31-32,62,64,69-70,74H,6-7,9,11-13,15,17-19,21,23-24,27,30,33-61,63,65-68H2,1-5H3,(H-,72,75,76,77)/p+1/b10-8-,16-14-,22-20-,26-25-,29-28-,32-31-,64-62+. The fraction of sp³-hybridized carbons (Fsp3) is 0.789. The van der Waals surface area contributed by atoms with Gasteiger partial charge in [-0.15, -0.1) is 0 Å². The number of hydrogen-bond donors (Lipinski definition) is 3. The summed E-state index contributed by atoms with van der Waals surface area (Å²) in [5.74, 6) is -0.173. The molecule has 0 aromatic heterocycles. The lowest BCUT2D eigenvalue weighted by Gasteiger charge is -2.25. The molecule has 8 nitrogen and oxygen atoms in total. The first-order chi connectivity index (χ1) is 39.0. The maximum absolute atomic E-state index is 13.0. The highest BCUT2D eigenvalue weighted by Crippen LogP contribution is 2.43. The van der Waals surface area contributed by atoms with E-state index in [1.807, 2.05) is 27.2 Å². The van der Waals surface area contributed by atoms with Crippen LogP contribution in [0.1, 0.15) is 309 Å². The van der Waals surface area contributed by atoms with Crippen molar-refractivity contribution >= 4 is 13.7 Å². The van der Waals surface area contributed by atoms with Crippen LogP contribution in [-0.2, 0) is 18.4 Å². The Kier molecular flexibility index (Phi) is 59.5. The van der Waals surface area contributed by atoms with Crippen LogP contribution < -0.4 is 5.32 Å². The lowest BCUT2D eigenvalue weighted by Crippen LogP contribution is -2.45. The maximum atomic E-state index is 13.0. The zero-order chi connectivity index (χ0) is 58.4. The Morgan fingerprint density at radius 2 is 0.750 bits per heavy atom. The minimum Gasteiger partial charge on any atom is -0.387 e. The molecule has 0 saturated heterocycles. The van der Waals surface area contributed by atoms with Crippen LogP contribution in [0.25, 0.3) is 0 Å². The number of nitrogens with zero attached hydrogens (tertiary/aromatic N) is 1. The van der Waals surface area contributed by atoms with Crippen LogP contribution in [0, 0.1) is 0 Å². The molecular weight excluding hydrogens is 1010 g/mol. The first-order valence-corrected chi connectivity index (χ1v) is 35.5. The molecule has 9 heteroatoms. The summed E-state index contributed by atoms with van der Waals surface area (Å²) in [7, 11) is 1.58. The molecule has 0 saturated carbocycles. The van der Waals surface area contributed by atoms with Gasteiger partial charge in [0.25, 0.3) is 0 Å². The summed E-state index contributed by atoms with van der Waals surface area (Å²) in [6.07, 6.45) is 87.3. The number of allylic oxidation sites excluding steroid dienone is 13. The average Bonchev–Trinajstić information content (AvgIpc) is 3.42. The zero-order valence-electron chi connectivity index (χ0n) is 53.3. The summed E-state index contributed by atoms with van der Waals surface area (Å²) in [6, 6.07) is -0.848. The van der Waals surface area contributed by atoms with E-state index >= 15 is 0 Å². The predicted octanol–water partition coefficient (Wildman–Crippen LogP) is 21.5. The highest BCUT2D eigenvalue weighted by atomic mass is 31.2. The van der Waals surface area contributed by atoms with E-state index in [4.69, 9.17) is 9.05 Å². The van der Waals surface area contributed by atoms with Crippen LogP contribution in [0.2, 0.25) is 0 Å². The van der Waals surface area contributed by atoms with Gasteiger partial charge in [0.05, 0.1) is 39.9 Å². The van der Waals surface area contributed by atoms with Gasteiger partial charge in [0, 0.05) is 6.42 Å². The highest BCUT2D eigenvalue weighted by Gasteiger charge is 2.28. The van der Waals surface area contributed by atoms with E-state index in [0.717, 1.165) is 77.0 Å². The van der Waals surface area contributed by atoms with E-state index in [-0.39, 0.29) is 19.1 Å². The van der Waals surface area contributed by atoms with E-state index in [1.165, 1.54) is 212 Å². The molecule has 0 heterocycles. The topological polar surface area (TPSA) is 105 Å². The van der Waals surface area contributed by atoms with Crippen molar-refractivity contribution in [3.8, 4) is 0 Å². The van der Waals surface area contributed by atoms with Crippen molar-refractivity contribution in [1.29, 1.82) is 0 Å². The van der Waals surface area contributed by atoms with Gasteiger partial charge in [-0.3, -0.25) is 13.8 Å². The summed E-state index contributed by atoms with van der Waals surface area (Å²) in [4.78, 5) is 23.4. The van der Waals surface area contributed by atoms with Gasteiger partial charge in [0.15, 0.2) is 0 Å². The van der Waals surface area contributed by atoms with Crippen LogP contribution in [0.15, 0.2) is 85.1 Å². The van der Waals surface area contributed by atoms with Gasteiger partial charge in [0.2, 0.25) is 5.91 Å². The number of carbonyl (C=O) groups excluding carboxylic acids is 1. The fourth-order valence-electron chi connectivity index (χ4n) is 9.87. The predicted molar refractivity (Wildman–Crippen MR) is 350 cm³/mol. The molecule has 0 bridgehead atoms. The summed E-state index contributed by atoms with van der Waals surface area (Å²) >= 11 is 0. The second kappa shape index (κ2) is 61.2. The van der Waals surface area contributed by atoms with E-state index in [9.17, 15) is 19.4 Å². The van der Waals surface area contributed by atoms with Crippen LogP contribution in [0.5, 0.6) is 0 Å². The monoisotopic (exact) mass is 1140 g/mol. The minimum absolute atomic E-state index is 0.0616. The van der Waals surface area contributed by atoms with Crippen LogP contribution in [0.4, 0.5) is 0 Å². The molecule has 0 fully saturated rings. The first kappa shape index (κ1) is 77.7. The number of likely N-dealkylation sites (N-methyl/N-ethyl adjacent to an activating group) is 1. The fourth-order valence-corrected chi connectivity index (χ4v) is 10.6. The van der Waals surface area contributed by atoms with Gasteiger partial charge in [-0.2, -0.15) is 0 Å². The highest BCUT2D eigenvalue weighted by molar-refractivity contribution is 7.47. The van der Waals surface area contributed by atoms with Gasteiger partial charge >= 0.3 is 7.82 Å². The van der Waals surface area contributed by atoms with E-state index in [0.29, 0.717) is 17.4 Å². The van der Waals surface area contributed by atoms with Crippen molar-refractivity contribution in [1.82, 2.24) is 5.32 Å². The minimum atomic E-state index is -4.35. The normalized spacial score (nSPS) is 14.2. The number of amides is 1. The number of nitrogens with one attached hydrogen (secondary N) is 1. The van der Waals surface area contributed by atoms with Crippen molar-refractivity contribution in [3.05, 3.63) is 85.1 Å². The van der Waals surface area contributed by atoms with Crippen molar-refractivity contribution in [2.45, 2.75) is 321 Å².